The predicted octanol–water partition coefficient (Wildman–Crippen LogP) is 4.27. The monoisotopic (exact) mass is 560 g/mol. The van der Waals surface area contributed by atoms with E-state index in [9.17, 15) is 18.0 Å². The largest absolute Gasteiger partial charge is 0.321 e. The number of aryl methyl sites for hydroxylation is 3. The van der Waals surface area contributed by atoms with E-state index in [1.165, 1.54) is 35.2 Å². The second-order valence-corrected chi connectivity index (χ2v) is 11.6. The van der Waals surface area contributed by atoms with Crippen LogP contribution in [-0.4, -0.2) is 33.8 Å². The van der Waals surface area contributed by atoms with Crippen molar-refractivity contribution >= 4 is 49.1 Å². The summed E-state index contributed by atoms with van der Waals surface area (Å²) in [6.07, 6.45) is 1.49. The number of nitrogens with zero attached hydrogens (tertiary/aromatic N) is 4. The highest BCUT2D eigenvalue weighted by molar-refractivity contribution is 7.92. The number of anilines is 2. The van der Waals surface area contributed by atoms with Gasteiger partial charge in [0.15, 0.2) is 0 Å². The van der Waals surface area contributed by atoms with Gasteiger partial charge in [0.25, 0.3) is 21.5 Å². The minimum atomic E-state index is -3.93. The number of rotatable bonds is 7. The van der Waals surface area contributed by atoms with Crippen molar-refractivity contribution in [3.05, 3.63) is 105 Å². The first kappa shape index (κ1) is 26.2. The molecule has 0 radical (unpaired) electrons. The van der Waals surface area contributed by atoms with Crippen molar-refractivity contribution in [3.8, 4) is 0 Å². The Balaban J connectivity index is 1.34. The molecule has 0 fully saturated rings. The Kier molecular flexibility index (Phi) is 6.98. The van der Waals surface area contributed by atoms with E-state index >= 15 is 0 Å². The summed E-state index contributed by atoms with van der Waals surface area (Å²) in [6, 6.07) is 17.1. The van der Waals surface area contributed by atoms with Gasteiger partial charge in [-0.1, -0.05) is 30.3 Å². The van der Waals surface area contributed by atoms with E-state index in [1.807, 2.05) is 30.3 Å². The topological polar surface area (TPSA) is 136 Å². The molecule has 39 heavy (non-hydrogen) atoms. The minimum absolute atomic E-state index is 0.00975. The number of carbonyl (C=O) groups is 1. The highest BCUT2D eigenvalue weighted by Gasteiger charge is 2.21. The zero-order valence-electron chi connectivity index (χ0n) is 21.3. The highest BCUT2D eigenvalue weighted by atomic mass is 32.2. The SMILES string of the molecule is Cc1cc(C)nc(NS(=O)(=O)c2ccc(NC(=O)c3sc4ncn(Cc5ccccc5)c(=O)c4c3C)cc2)n1. The number of hydrogen-bond donors (Lipinski definition) is 2. The fourth-order valence-corrected chi connectivity index (χ4v) is 6.10. The first-order valence-corrected chi connectivity index (χ1v) is 14.2. The van der Waals surface area contributed by atoms with Crippen LogP contribution in [0.3, 0.4) is 0 Å². The van der Waals surface area contributed by atoms with Gasteiger partial charge in [-0.2, -0.15) is 0 Å². The Morgan fingerprint density at radius 2 is 1.64 bits per heavy atom. The molecule has 2 N–H and O–H groups in total. The zero-order valence-corrected chi connectivity index (χ0v) is 22.9. The molecule has 0 atom stereocenters. The van der Waals surface area contributed by atoms with Crippen molar-refractivity contribution in [3.63, 3.8) is 0 Å². The van der Waals surface area contributed by atoms with Crippen LogP contribution in [0.5, 0.6) is 0 Å². The van der Waals surface area contributed by atoms with Crippen LogP contribution >= 0.6 is 11.3 Å². The van der Waals surface area contributed by atoms with Gasteiger partial charge in [-0.25, -0.2) is 28.1 Å². The molecule has 0 aliphatic rings. The standard InChI is InChI=1S/C27H24N6O4S2/c1-16-13-17(2)30-27(29-16)32-39(36,37)21-11-9-20(10-12-21)31-24(34)23-18(3)22-25(38-23)28-15-33(26(22)35)14-19-7-5-4-6-8-19/h4-13,15H,14H2,1-3H3,(H,31,34)(H,29,30,32). The smallest absolute Gasteiger partial charge is 0.266 e. The number of hydrogen-bond acceptors (Lipinski definition) is 8. The van der Waals surface area contributed by atoms with Gasteiger partial charge in [-0.15, -0.1) is 11.3 Å². The third-order valence-corrected chi connectivity index (χ3v) is 8.49. The summed E-state index contributed by atoms with van der Waals surface area (Å²) in [6.45, 7) is 5.59. The van der Waals surface area contributed by atoms with Crippen molar-refractivity contribution in [2.24, 2.45) is 0 Å². The minimum Gasteiger partial charge on any atom is -0.321 e. The van der Waals surface area contributed by atoms with Crippen LogP contribution < -0.4 is 15.6 Å². The molecule has 0 aliphatic carbocycles. The number of nitrogens with one attached hydrogen (secondary N) is 2. The van der Waals surface area contributed by atoms with Crippen molar-refractivity contribution in [2.45, 2.75) is 32.2 Å². The summed E-state index contributed by atoms with van der Waals surface area (Å²) in [7, 11) is -3.93. The lowest BCUT2D eigenvalue weighted by molar-refractivity contribution is 0.103. The first-order chi connectivity index (χ1) is 18.6. The summed E-state index contributed by atoms with van der Waals surface area (Å²) >= 11 is 1.14. The third kappa shape index (κ3) is 5.56. The number of thiophene rings is 1. The molecule has 0 aliphatic heterocycles. The molecule has 5 rings (SSSR count). The Morgan fingerprint density at radius 1 is 0.974 bits per heavy atom. The zero-order chi connectivity index (χ0) is 27.7. The normalized spacial score (nSPS) is 11.5. The van der Waals surface area contributed by atoms with E-state index in [1.54, 1.807) is 26.8 Å². The second kappa shape index (κ2) is 10.4. The maximum atomic E-state index is 13.2. The van der Waals surface area contributed by atoms with Gasteiger partial charge in [0.05, 0.1) is 28.0 Å². The number of carbonyl (C=O) groups excluding carboxylic acids is 1. The van der Waals surface area contributed by atoms with Crippen LogP contribution in [-0.2, 0) is 16.6 Å². The Hall–Kier alpha value is -4.42. The fourth-order valence-electron chi connectivity index (χ4n) is 4.12. The van der Waals surface area contributed by atoms with E-state index in [-0.39, 0.29) is 16.4 Å². The van der Waals surface area contributed by atoms with Crippen LogP contribution in [0.4, 0.5) is 11.6 Å². The molecule has 0 spiro atoms. The van der Waals surface area contributed by atoms with Gasteiger partial charge in [-0.05, 0) is 62.2 Å². The van der Waals surface area contributed by atoms with E-state index in [0.29, 0.717) is 44.3 Å². The molecular formula is C27H24N6O4S2. The van der Waals surface area contributed by atoms with Gasteiger partial charge >= 0.3 is 0 Å². The van der Waals surface area contributed by atoms with Gasteiger partial charge in [0, 0.05) is 17.1 Å². The summed E-state index contributed by atoms with van der Waals surface area (Å²) in [5.74, 6) is -0.427. The van der Waals surface area contributed by atoms with E-state index in [2.05, 4.69) is 25.0 Å². The number of amides is 1. The van der Waals surface area contributed by atoms with Crippen LogP contribution in [0.25, 0.3) is 10.2 Å². The van der Waals surface area contributed by atoms with Crippen molar-refractivity contribution in [1.29, 1.82) is 0 Å². The molecule has 12 heteroatoms. The van der Waals surface area contributed by atoms with Gasteiger partial charge < -0.3 is 5.32 Å². The third-order valence-electron chi connectivity index (χ3n) is 5.95. The predicted molar refractivity (Wildman–Crippen MR) is 151 cm³/mol. The molecule has 0 saturated heterocycles. The summed E-state index contributed by atoms with van der Waals surface area (Å²) in [5.41, 5.74) is 2.97. The molecule has 0 saturated carbocycles. The van der Waals surface area contributed by atoms with Crippen LogP contribution in [0.2, 0.25) is 0 Å². The fraction of sp³-hybridized carbons (Fsp3) is 0.148. The molecule has 3 heterocycles. The number of aromatic nitrogens is 4. The van der Waals surface area contributed by atoms with Crippen molar-refractivity contribution in [2.75, 3.05) is 10.0 Å². The summed E-state index contributed by atoms with van der Waals surface area (Å²) < 4.78 is 29.5. The Bertz CT molecular complexity index is 1840. The quantitative estimate of drug-likeness (QED) is 0.303. The summed E-state index contributed by atoms with van der Waals surface area (Å²) in [4.78, 5) is 39.7. The first-order valence-electron chi connectivity index (χ1n) is 11.9. The molecule has 0 bridgehead atoms. The highest BCUT2D eigenvalue weighted by Crippen LogP contribution is 2.28. The maximum Gasteiger partial charge on any atom is 0.266 e. The van der Waals surface area contributed by atoms with Gasteiger partial charge in [0.2, 0.25) is 5.95 Å². The lowest BCUT2D eigenvalue weighted by Crippen LogP contribution is -2.21. The van der Waals surface area contributed by atoms with Crippen LogP contribution in [0, 0.1) is 20.8 Å². The summed E-state index contributed by atoms with van der Waals surface area (Å²) in [5, 5.41) is 3.18. The molecular weight excluding hydrogens is 536 g/mol. The Morgan fingerprint density at radius 3 is 2.31 bits per heavy atom. The number of benzene rings is 2. The van der Waals surface area contributed by atoms with Crippen LogP contribution in [0.15, 0.2) is 76.7 Å². The molecule has 5 aromatic rings. The van der Waals surface area contributed by atoms with Crippen molar-refractivity contribution < 1.29 is 13.2 Å². The molecule has 10 nitrogen and oxygen atoms in total. The average molecular weight is 561 g/mol. The Labute approximate surface area is 228 Å². The van der Waals surface area contributed by atoms with E-state index in [4.69, 9.17) is 0 Å². The lowest BCUT2D eigenvalue weighted by atomic mass is 10.2. The van der Waals surface area contributed by atoms with E-state index < -0.39 is 15.9 Å². The lowest BCUT2D eigenvalue weighted by Gasteiger charge is -2.09. The molecule has 3 aromatic heterocycles. The molecule has 0 unspecified atom stereocenters. The molecule has 198 valence electrons. The van der Waals surface area contributed by atoms with Gasteiger partial charge in [0.1, 0.15) is 4.83 Å². The second-order valence-electron chi connectivity index (χ2n) is 8.96. The van der Waals surface area contributed by atoms with Gasteiger partial charge in [-0.3, -0.25) is 14.2 Å². The molecule has 2 aromatic carbocycles. The van der Waals surface area contributed by atoms with Crippen LogP contribution in [0.1, 0.15) is 32.2 Å². The van der Waals surface area contributed by atoms with Crippen molar-refractivity contribution in [1.82, 2.24) is 19.5 Å². The molecule has 1 amide bonds. The maximum absolute atomic E-state index is 13.2. The number of fused-ring (bicyclic) bond motifs is 1. The average Bonchev–Trinajstić information content (AvgIpc) is 3.23. The number of sulfonamides is 1. The van der Waals surface area contributed by atoms with E-state index in [0.717, 1.165) is 16.9 Å².